The van der Waals surface area contributed by atoms with E-state index in [-0.39, 0.29) is 5.97 Å². The van der Waals surface area contributed by atoms with E-state index in [0.29, 0.717) is 10.6 Å². The van der Waals surface area contributed by atoms with Crippen molar-refractivity contribution in [2.24, 2.45) is 0 Å². The third kappa shape index (κ3) is 5.40. The molecule has 2 nitrogen and oxygen atoms in total. The molecule has 3 aromatic carbocycles. The minimum Gasteiger partial charge on any atom is -0.422 e. The molecule has 0 radical (unpaired) electrons. The van der Waals surface area contributed by atoms with Gasteiger partial charge >= 0.3 is 5.97 Å². The maximum absolute atomic E-state index is 12.4. The van der Waals surface area contributed by atoms with Crippen molar-refractivity contribution in [3.05, 3.63) is 99.8 Å². The van der Waals surface area contributed by atoms with Gasteiger partial charge in [0.25, 0.3) is 0 Å². The normalized spacial score (nSPS) is 11.2. The largest absolute Gasteiger partial charge is 0.422 e. The Morgan fingerprint density at radius 1 is 0.700 bits per heavy atom. The summed E-state index contributed by atoms with van der Waals surface area (Å²) in [4.78, 5) is 16.9. The number of ether oxygens (including phenoxy) is 1. The summed E-state index contributed by atoms with van der Waals surface area (Å²) in [7, 11) is -0.691. The van der Waals surface area contributed by atoms with E-state index in [2.05, 4.69) is 128 Å². The topological polar surface area (TPSA) is 26.3 Å². The number of benzene rings is 3. The molecular formula is C23H15I3O2S2. The fourth-order valence-electron chi connectivity index (χ4n) is 2.88. The Bertz CT molecular complexity index is 1110. The van der Waals surface area contributed by atoms with E-state index in [1.54, 1.807) is 0 Å². The highest BCUT2D eigenvalue weighted by molar-refractivity contribution is 14.1. The fourth-order valence-corrected chi connectivity index (χ4v) is 7.52. The highest BCUT2D eigenvalue weighted by Crippen LogP contribution is 2.51. The molecule has 4 rings (SSSR count). The Labute approximate surface area is 223 Å². The van der Waals surface area contributed by atoms with E-state index in [0.717, 1.165) is 3.57 Å². The summed E-state index contributed by atoms with van der Waals surface area (Å²) in [6.07, 6.45) is 0. The van der Waals surface area contributed by atoms with Crippen LogP contribution in [0.5, 0.6) is 5.75 Å². The number of thiophene rings is 1. The molecule has 0 fully saturated rings. The summed E-state index contributed by atoms with van der Waals surface area (Å²) >= 11 is 8.22. The standard InChI is InChI=1S/C23H15I3O2S2/c24-15-1-7-18(8-2-15)30(19-9-3-16(25)4-10-19)20-11-5-17(6-12-20)28-23(27)22-21(26)13-14-29-22/h1-14,30H. The molecule has 0 N–H and O–H groups in total. The van der Waals surface area contributed by atoms with Gasteiger partial charge in [-0.15, -0.1) is 11.3 Å². The summed E-state index contributed by atoms with van der Waals surface area (Å²) in [6, 6.07) is 27.3. The molecule has 0 saturated heterocycles. The van der Waals surface area contributed by atoms with Crippen molar-refractivity contribution < 1.29 is 9.53 Å². The first-order chi connectivity index (χ1) is 14.5. The van der Waals surface area contributed by atoms with Crippen LogP contribution in [-0.2, 0) is 0 Å². The number of carbonyl (C=O) groups excluding carboxylic acids is 1. The molecule has 1 aromatic heterocycles. The summed E-state index contributed by atoms with van der Waals surface area (Å²) in [6.45, 7) is 0. The summed E-state index contributed by atoms with van der Waals surface area (Å²) in [5, 5.41) is 1.90. The SMILES string of the molecule is O=C(Oc1ccc([SH](c2ccc(I)cc2)c2ccc(I)cc2)cc1)c1sccc1I. The lowest BCUT2D eigenvalue weighted by molar-refractivity contribution is 0.0739. The molecule has 4 aromatic rings. The highest BCUT2D eigenvalue weighted by atomic mass is 127. The molecule has 0 aliphatic carbocycles. The number of esters is 1. The van der Waals surface area contributed by atoms with Crippen molar-refractivity contribution in [2.75, 3.05) is 0 Å². The second kappa shape index (κ2) is 10.3. The van der Waals surface area contributed by atoms with Gasteiger partial charge in [-0.3, -0.25) is 0 Å². The van der Waals surface area contributed by atoms with Crippen molar-refractivity contribution in [3.8, 4) is 5.75 Å². The molecular weight excluding hydrogens is 753 g/mol. The Balaban J connectivity index is 1.64. The van der Waals surface area contributed by atoms with Crippen LogP contribution in [0.25, 0.3) is 0 Å². The van der Waals surface area contributed by atoms with E-state index < -0.39 is 10.9 Å². The van der Waals surface area contributed by atoms with E-state index >= 15 is 0 Å². The first kappa shape index (κ1) is 22.6. The predicted octanol–water partition coefficient (Wildman–Crippen LogP) is 8.26. The Morgan fingerprint density at radius 3 is 1.60 bits per heavy atom. The summed E-state index contributed by atoms with van der Waals surface area (Å²) in [5.74, 6) is 0.257. The van der Waals surface area contributed by atoms with E-state index in [1.165, 1.54) is 33.2 Å². The van der Waals surface area contributed by atoms with Crippen molar-refractivity contribution in [1.82, 2.24) is 0 Å². The van der Waals surface area contributed by atoms with Crippen LogP contribution in [0.3, 0.4) is 0 Å². The summed E-state index contributed by atoms with van der Waals surface area (Å²) < 4.78 is 8.95. The molecule has 0 bridgehead atoms. The van der Waals surface area contributed by atoms with Gasteiger partial charge in [0.2, 0.25) is 0 Å². The lowest BCUT2D eigenvalue weighted by Crippen LogP contribution is -2.07. The van der Waals surface area contributed by atoms with Crippen LogP contribution in [0, 0.1) is 10.7 Å². The first-order valence-corrected chi connectivity index (χ1v) is 14.3. The molecule has 0 atom stereocenters. The van der Waals surface area contributed by atoms with Gasteiger partial charge in [0.15, 0.2) is 0 Å². The molecule has 30 heavy (non-hydrogen) atoms. The van der Waals surface area contributed by atoms with Crippen LogP contribution in [0.2, 0.25) is 0 Å². The smallest absolute Gasteiger partial charge is 0.354 e. The molecule has 0 aliphatic rings. The van der Waals surface area contributed by atoms with Gasteiger partial charge < -0.3 is 4.74 Å². The first-order valence-electron chi connectivity index (χ1n) is 8.88. The zero-order chi connectivity index (χ0) is 21.1. The molecule has 0 aliphatic heterocycles. The molecule has 7 heteroatoms. The Kier molecular flexibility index (Phi) is 7.76. The minimum atomic E-state index is -0.691. The highest BCUT2D eigenvalue weighted by Gasteiger charge is 2.16. The number of rotatable bonds is 5. The van der Waals surface area contributed by atoms with Gasteiger partial charge in [-0.1, -0.05) is 0 Å². The van der Waals surface area contributed by atoms with Gasteiger partial charge in [0.05, 0.1) is 0 Å². The van der Waals surface area contributed by atoms with Crippen LogP contribution < -0.4 is 4.74 Å². The van der Waals surface area contributed by atoms with Crippen molar-refractivity contribution >= 4 is 96.0 Å². The number of hydrogen-bond acceptors (Lipinski definition) is 3. The second-order valence-corrected chi connectivity index (χ2v) is 13.1. The van der Waals surface area contributed by atoms with Crippen molar-refractivity contribution in [3.63, 3.8) is 0 Å². The van der Waals surface area contributed by atoms with Crippen LogP contribution in [0.15, 0.2) is 98.9 Å². The molecule has 0 unspecified atom stereocenters. The Hall–Kier alpha value is -0.630. The fraction of sp³-hybridized carbons (Fsp3) is 0. The predicted molar refractivity (Wildman–Crippen MR) is 151 cm³/mol. The zero-order valence-corrected chi connectivity index (χ0v) is 23.6. The van der Waals surface area contributed by atoms with Gasteiger partial charge in [0.1, 0.15) is 10.6 Å². The maximum Gasteiger partial charge on any atom is 0.354 e. The van der Waals surface area contributed by atoms with Crippen LogP contribution >= 0.6 is 90.0 Å². The monoisotopic (exact) mass is 768 g/mol. The van der Waals surface area contributed by atoms with Crippen LogP contribution in [0.1, 0.15) is 9.67 Å². The average Bonchev–Trinajstić information content (AvgIpc) is 3.18. The van der Waals surface area contributed by atoms with E-state index in [1.807, 2.05) is 23.6 Å². The second-order valence-electron chi connectivity index (χ2n) is 6.27. The van der Waals surface area contributed by atoms with E-state index in [9.17, 15) is 4.79 Å². The molecule has 1 heterocycles. The van der Waals surface area contributed by atoms with Crippen molar-refractivity contribution in [1.29, 1.82) is 0 Å². The van der Waals surface area contributed by atoms with Crippen molar-refractivity contribution in [2.45, 2.75) is 14.7 Å². The quantitative estimate of drug-likeness (QED) is 0.0959. The van der Waals surface area contributed by atoms with Crippen LogP contribution in [0.4, 0.5) is 0 Å². The third-order valence-corrected chi connectivity index (χ3v) is 10.3. The molecule has 152 valence electrons. The maximum atomic E-state index is 12.4. The molecule has 0 saturated carbocycles. The zero-order valence-electron chi connectivity index (χ0n) is 15.4. The van der Waals surface area contributed by atoms with Gasteiger partial charge in [-0.05, 0) is 167 Å². The number of carbonyl (C=O) groups is 1. The Morgan fingerprint density at radius 2 is 1.17 bits per heavy atom. The van der Waals surface area contributed by atoms with E-state index in [4.69, 9.17) is 4.74 Å². The molecule has 0 amide bonds. The lowest BCUT2D eigenvalue weighted by Gasteiger charge is -2.23. The van der Waals surface area contributed by atoms with Crippen LogP contribution in [-0.4, -0.2) is 5.97 Å². The molecule has 0 spiro atoms. The summed E-state index contributed by atoms with van der Waals surface area (Å²) in [5.41, 5.74) is 0. The average molecular weight is 768 g/mol. The minimum absolute atomic E-state index is 0.306. The van der Waals surface area contributed by atoms with Gasteiger partial charge in [0, 0.05) is 10.7 Å². The van der Waals surface area contributed by atoms with Gasteiger partial charge in [-0.2, -0.15) is 10.9 Å². The number of thiol groups is 1. The number of hydrogen-bond donors (Lipinski definition) is 1. The lowest BCUT2D eigenvalue weighted by atomic mass is 10.3. The number of halogens is 3. The third-order valence-electron chi connectivity index (χ3n) is 4.28. The van der Waals surface area contributed by atoms with Gasteiger partial charge in [-0.25, -0.2) is 4.79 Å².